The van der Waals surface area contributed by atoms with E-state index >= 15 is 0 Å². The number of rotatable bonds is 3. The zero-order chi connectivity index (χ0) is 17.4. The first-order valence-electron chi connectivity index (χ1n) is 8.72. The van der Waals surface area contributed by atoms with Crippen molar-refractivity contribution >= 4 is 39.1 Å². The quantitative estimate of drug-likeness (QED) is 0.811. The molecule has 0 saturated carbocycles. The van der Waals surface area contributed by atoms with Gasteiger partial charge in [-0.2, -0.15) is 4.98 Å². The Morgan fingerprint density at radius 3 is 2.60 bits per heavy atom. The van der Waals surface area contributed by atoms with E-state index in [0.717, 1.165) is 53.9 Å². The molecule has 0 aliphatic carbocycles. The minimum atomic E-state index is 0.286. The maximum Gasteiger partial charge on any atom is 0.225 e. The number of nitrogens with one attached hydrogen (secondary N) is 1. The Labute approximate surface area is 156 Å². The topological polar surface area (TPSA) is 66.4 Å². The summed E-state index contributed by atoms with van der Waals surface area (Å²) in [6, 6.07) is 0.993. The van der Waals surface area contributed by atoms with Crippen molar-refractivity contribution in [1.82, 2.24) is 25.2 Å². The van der Waals surface area contributed by atoms with Crippen molar-refractivity contribution in [3.8, 4) is 0 Å². The maximum atomic E-state index is 6.16. The van der Waals surface area contributed by atoms with Gasteiger partial charge in [0, 0.05) is 38.3 Å². The number of ether oxygens (including phenoxy) is 1. The summed E-state index contributed by atoms with van der Waals surface area (Å²) < 4.78 is 5.44. The van der Waals surface area contributed by atoms with E-state index in [1.165, 1.54) is 0 Å². The molecule has 4 heterocycles. The van der Waals surface area contributed by atoms with Gasteiger partial charge in [0.2, 0.25) is 5.28 Å². The van der Waals surface area contributed by atoms with Crippen LogP contribution >= 0.6 is 22.9 Å². The van der Waals surface area contributed by atoms with Crippen LogP contribution in [-0.2, 0) is 11.3 Å². The number of nitrogens with zero attached hydrogens (tertiary/aromatic N) is 5. The fourth-order valence-electron chi connectivity index (χ4n) is 3.65. The highest BCUT2D eigenvalue weighted by atomic mass is 35.5. The zero-order valence-corrected chi connectivity index (χ0v) is 16.1. The van der Waals surface area contributed by atoms with Gasteiger partial charge in [-0.3, -0.25) is 4.90 Å². The second kappa shape index (κ2) is 7.28. The van der Waals surface area contributed by atoms with Crippen LogP contribution in [0.5, 0.6) is 0 Å². The Kier molecular flexibility index (Phi) is 5.06. The molecule has 0 amide bonds. The van der Waals surface area contributed by atoms with Crippen LogP contribution in [0.3, 0.4) is 0 Å². The van der Waals surface area contributed by atoms with Gasteiger partial charge in [0.15, 0.2) is 10.6 Å². The van der Waals surface area contributed by atoms with Crippen LogP contribution in [0.15, 0.2) is 0 Å². The van der Waals surface area contributed by atoms with Crippen LogP contribution < -0.4 is 10.2 Å². The first kappa shape index (κ1) is 17.4. The minimum absolute atomic E-state index is 0.286. The molecule has 0 unspecified atom stereocenters. The Hall–Kier alpha value is -1.06. The largest absolute Gasteiger partial charge is 0.378 e. The molecule has 2 fully saturated rings. The number of fused-ring (bicyclic) bond motifs is 1. The van der Waals surface area contributed by atoms with Crippen LogP contribution in [0.1, 0.15) is 18.9 Å². The van der Waals surface area contributed by atoms with Crippen molar-refractivity contribution in [2.75, 3.05) is 44.3 Å². The normalized spacial score (nSPS) is 25.6. The third-order valence-electron chi connectivity index (χ3n) is 4.56. The lowest BCUT2D eigenvalue weighted by Gasteiger charge is -2.35. The van der Waals surface area contributed by atoms with Gasteiger partial charge in [-0.25, -0.2) is 9.97 Å². The average Bonchev–Trinajstić information content (AvgIpc) is 2.96. The average molecular weight is 383 g/mol. The lowest BCUT2D eigenvalue weighted by Crippen LogP contribution is -2.53. The molecule has 7 nitrogen and oxygen atoms in total. The van der Waals surface area contributed by atoms with E-state index in [1.807, 2.05) is 0 Å². The molecule has 2 aromatic heterocycles. The second-order valence-corrected chi connectivity index (χ2v) is 8.24. The van der Waals surface area contributed by atoms with Crippen molar-refractivity contribution in [2.45, 2.75) is 32.5 Å². The Morgan fingerprint density at radius 1 is 1.16 bits per heavy atom. The molecule has 9 heteroatoms. The van der Waals surface area contributed by atoms with Crippen LogP contribution in [0.25, 0.3) is 10.3 Å². The van der Waals surface area contributed by atoms with Gasteiger partial charge in [-0.05, 0) is 25.4 Å². The van der Waals surface area contributed by atoms with E-state index in [1.54, 1.807) is 11.3 Å². The van der Waals surface area contributed by atoms with Crippen LogP contribution in [-0.4, -0.2) is 71.3 Å². The highest BCUT2D eigenvalue weighted by Gasteiger charge is 2.24. The molecule has 0 radical (unpaired) electrons. The highest BCUT2D eigenvalue weighted by molar-refractivity contribution is 7.18. The van der Waals surface area contributed by atoms with E-state index in [2.05, 4.69) is 38.9 Å². The predicted molar refractivity (Wildman–Crippen MR) is 101 cm³/mol. The van der Waals surface area contributed by atoms with Gasteiger partial charge in [-0.1, -0.05) is 11.3 Å². The molecule has 2 saturated heterocycles. The fourth-order valence-corrected chi connectivity index (χ4v) is 4.84. The molecule has 1 N–H and O–H groups in total. The van der Waals surface area contributed by atoms with Crippen molar-refractivity contribution in [3.63, 3.8) is 0 Å². The van der Waals surface area contributed by atoms with Crippen LogP contribution in [0.2, 0.25) is 5.28 Å². The molecule has 2 aliphatic heterocycles. The fraction of sp³-hybridized carbons (Fsp3) is 0.688. The minimum Gasteiger partial charge on any atom is -0.378 e. The molecule has 2 atom stereocenters. The van der Waals surface area contributed by atoms with E-state index in [4.69, 9.17) is 21.3 Å². The summed E-state index contributed by atoms with van der Waals surface area (Å²) in [6.45, 7) is 10.4. The van der Waals surface area contributed by atoms with Crippen LogP contribution in [0, 0.1) is 0 Å². The molecule has 136 valence electrons. The number of hydrogen-bond acceptors (Lipinski definition) is 8. The predicted octanol–water partition coefficient (Wildman–Crippen LogP) is 1.76. The first-order valence-corrected chi connectivity index (χ1v) is 9.92. The molecule has 4 rings (SSSR count). The SMILES string of the molecule is C[C@@H]1CN(Cc2nc3c(N4CCOCC4)nc(Cl)nc3s2)C[C@H](C)N1. The summed E-state index contributed by atoms with van der Waals surface area (Å²) in [5, 5.41) is 4.92. The van der Waals surface area contributed by atoms with Crippen molar-refractivity contribution < 1.29 is 4.74 Å². The van der Waals surface area contributed by atoms with Crippen molar-refractivity contribution in [3.05, 3.63) is 10.3 Å². The number of hydrogen-bond donors (Lipinski definition) is 1. The van der Waals surface area contributed by atoms with Gasteiger partial charge in [-0.15, -0.1) is 0 Å². The van der Waals surface area contributed by atoms with Gasteiger partial charge in [0.05, 0.1) is 19.8 Å². The molecule has 2 aromatic rings. The lowest BCUT2D eigenvalue weighted by molar-refractivity contribution is 0.122. The van der Waals surface area contributed by atoms with Gasteiger partial charge in [0.1, 0.15) is 10.5 Å². The number of thiazole rings is 1. The third kappa shape index (κ3) is 3.88. The van der Waals surface area contributed by atoms with Crippen molar-refractivity contribution in [1.29, 1.82) is 0 Å². The van der Waals surface area contributed by atoms with Gasteiger partial charge >= 0.3 is 0 Å². The molecular formula is C16H23ClN6OS. The molecule has 25 heavy (non-hydrogen) atoms. The van der Waals surface area contributed by atoms with E-state index in [9.17, 15) is 0 Å². The van der Waals surface area contributed by atoms with E-state index in [0.29, 0.717) is 25.3 Å². The third-order valence-corrected chi connectivity index (χ3v) is 5.66. The molecular weight excluding hydrogens is 360 g/mol. The number of anilines is 1. The Morgan fingerprint density at radius 2 is 1.88 bits per heavy atom. The van der Waals surface area contributed by atoms with Gasteiger partial charge < -0.3 is 15.0 Å². The van der Waals surface area contributed by atoms with Crippen LogP contribution in [0.4, 0.5) is 5.82 Å². The summed E-state index contributed by atoms with van der Waals surface area (Å²) in [5.74, 6) is 0.836. The Bertz CT molecular complexity index is 740. The number of aromatic nitrogens is 3. The highest BCUT2D eigenvalue weighted by Crippen LogP contribution is 2.30. The molecule has 0 aromatic carbocycles. The van der Waals surface area contributed by atoms with Crippen molar-refractivity contribution in [2.24, 2.45) is 0 Å². The smallest absolute Gasteiger partial charge is 0.225 e. The summed E-state index contributed by atoms with van der Waals surface area (Å²) in [7, 11) is 0. The van der Waals surface area contributed by atoms with E-state index < -0.39 is 0 Å². The second-order valence-electron chi connectivity index (χ2n) is 6.84. The first-order chi connectivity index (χ1) is 12.1. The summed E-state index contributed by atoms with van der Waals surface area (Å²) >= 11 is 7.78. The number of piperazine rings is 1. The molecule has 0 spiro atoms. The maximum absolute atomic E-state index is 6.16. The summed E-state index contributed by atoms with van der Waals surface area (Å²) in [6.07, 6.45) is 0. The van der Waals surface area contributed by atoms with Gasteiger partial charge in [0.25, 0.3) is 0 Å². The standard InChI is InChI=1S/C16H23ClN6OS/c1-10-7-22(8-11(2)18-10)9-12-19-13-14(23-3-5-24-6-4-23)20-16(17)21-15(13)25-12/h10-11,18H,3-9H2,1-2H3/t10-,11+. The van der Waals surface area contributed by atoms with E-state index in [-0.39, 0.29) is 5.28 Å². The number of halogens is 1. The summed E-state index contributed by atoms with van der Waals surface area (Å²) in [5.41, 5.74) is 0.863. The monoisotopic (exact) mass is 382 g/mol. The molecule has 2 aliphatic rings. The molecule has 0 bridgehead atoms. The number of morpholine rings is 1. The zero-order valence-electron chi connectivity index (χ0n) is 14.5. The summed E-state index contributed by atoms with van der Waals surface area (Å²) in [4.78, 5) is 19.2. The lowest BCUT2D eigenvalue weighted by atomic mass is 10.1. The Balaban J connectivity index is 1.61.